The Kier molecular flexibility index (Phi) is 3.90. The van der Waals surface area contributed by atoms with Gasteiger partial charge >= 0.3 is 2.86 Å². The van der Waals surface area contributed by atoms with Crippen LogP contribution in [0.15, 0.2) is 36.3 Å². The van der Waals surface area contributed by atoms with Crippen LogP contribution in [-0.2, 0) is 0 Å². The van der Waals surface area contributed by atoms with Crippen LogP contribution < -0.4 is 4.74 Å². The summed E-state index contributed by atoms with van der Waals surface area (Å²) in [5.41, 5.74) is -0.380. The fourth-order valence-electron chi connectivity index (χ4n) is 4.90. The summed E-state index contributed by atoms with van der Waals surface area (Å²) in [7, 11) is 0. The minimum absolute atomic E-state index is 0.0281. The normalized spacial score (nSPS) is 33.2. The molecule has 1 saturated heterocycles. The number of nitrogens with zero attached hydrogens (tertiary/aromatic N) is 1. The van der Waals surface area contributed by atoms with Crippen LogP contribution in [0.25, 0.3) is 20.5 Å². The highest BCUT2D eigenvalue weighted by molar-refractivity contribution is 7.23. The van der Waals surface area contributed by atoms with Crippen LogP contribution >= 0.6 is 11.3 Å². The standard InChI is InChI=1S/C36H43NO4S/c1-19-16-27(38)12-13-28(19)36-34(33-26(8)24(6)30(39)17-32(33)42-36)35(40)29-14-15-31(25(7)23(29)5)41-18-22(4)37-20(2)10-9-11-21(37)3/h12-17,20-22,38-39H,9-11,18H2,1-8H3/p+1/i9D2,10D2,11D2,12D,13D,14D,15D,16D,17D,18D2,20D,21D,22D/hD3. The van der Waals surface area contributed by atoms with Gasteiger partial charge in [0, 0.05) is 67.2 Å². The molecule has 0 bridgehead atoms. The zero-order valence-electron chi connectivity index (χ0n) is 44.5. The Balaban J connectivity index is 1.78. The lowest BCUT2D eigenvalue weighted by atomic mass is 9.90. The number of aryl methyl sites for hydroxylation is 1. The first-order chi connectivity index (χ1) is 27.9. The van der Waals surface area contributed by atoms with E-state index in [4.69, 9.17) is 36.1 Å². The number of rotatable bonds is 9. The number of aromatic hydroxyl groups is 1. The van der Waals surface area contributed by atoms with E-state index in [2.05, 4.69) is 0 Å². The van der Waals surface area contributed by atoms with Gasteiger partial charge in [0.25, 0.3) is 7.18 Å². The van der Waals surface area contributed by atoms with E-state index in [0.29, 0.717) is 5.56 Å². The van der Waals surface area contributed by atoms with Crippen molar-refractivity contribution in [1.29, 1.82) is 4.29 Å². The minimum atomic E-state index is -3.50. The van der Waals surface area contributed by atoms with Gasteiger partial charge in [-0.3, -0.25) is 9.69 Å². The maximum atomic E-state index is 15.2. The number of piperidine rings is 1. The van der Waals surface area contributed by atoms with E-state index in [1.807, 2.05) is 0 Å². The van der Waals surface area contributed by atoms with E-state index < -0.39 is 96.8 Å². The van der Waals surface area contributed by atoms with Crippen LogP contribution in [0, 0.1) is 34.6 Å². The molecule has 3 N–H and O–H groups in total. The number of phenolic OH excluding ortho intramolecular Hbond substituents is 1. The number of thiophene rings is 1. The summed E-state index contributed by atoms with van der Waals surface area (Å²) >= 11 is 0.798. The van der Waals surface area contributed by atoms with E-state index >= 15 is 4.79 Å². The van der Waals surface area contributed by atoms with Crippen molar-refractivity contribution in [2.24, 2.45) is 0 Å². The number of carbonyl (C=O) groups is 1. The van der Waals surface area contributed by atoms with E-state index in [0.717, 1.165) is 37.2 Å². The lowest BCUT2D eigenvalue weighted by Crippen LogP contribution is -2.50. The fourth-order valence-corrected chi connectivity index (χ4v) is 6.20. The number of phenols is 1. The predicted octanol–water partition coefficient (Wildman–Crippen LogP) is 8.52. The van der Waals surface area contributed by atoms with Crippen molar-refractivity contribution < 1.29 is 43.1 Å². The topological polar surface area (TPSA) is 72.7 Å². The zero-order valence-corrected chi connectivity index (χ0v) is 25.3. The molecule has 1 aliphatic heterocycles. The molecule has 222 valence electrons. The van der Waals surface area contributed by atoms with Crippen LogP contribution in [0.5, 0.6) is 17.2 Å². The second-order valence-electron chi connectivity index (χ2n) is 10.1. The minimum Gasteiger partial charge on any atom is -0.593 e. The Morgan fingerprint density at radius 2 is 1.93 bits per heavy atom. The highest BCUT2D eigenvalue weighted by Gasteiger charge is 2.30. The van der Waals surface area contributed by atoms with Crippen LogP contribution in [-0.4, -0.2) is 49.8 Å². The molecule has 4 aromatic rings. The number of carbonyl (C=O) groups excluding carboxylic acids is 1. The van der Waals surface area contributed by atoms with Gasteiger partial charge in [0.2, 0.25) is 0 Å². The summed E-state index contributed by atoms with van der Waals surface area (Å²) in [5, 5.41) is 5.83. The summed E-state index contributed by atoms with van der Waals surface area (Å²) < 4.78 is 178. The lowest BCUT2D eigenvalue weighted by Gasteiger charge is -2.42. The first kappa shape index (κ1) is 14.0. The van der Waals surface area contributed by atoms with E-state index in [1.165, 1.54) is 20.8 Å². The zero-order chi connectivity index (χ0) is 47.9. The number of ether oxygens (including phenoxy) is 1. The Labute approximate surface area is 282 Å². The molecule has 1 aliphatic rings. The van der Waals surface area contributed by atoms with Gasteiger partial charge in [-0.15, -0.1) is 11.3 Å². The fraction of sp³-hybridized carbons (Fsp3) is 0.417. The number of benzene rings is 3. The highest BCUT2D eigenvalue weighted by Crippen LogP contribution is 2.45. The maximum Gasteiger partial charge on any atom is 0.555 e. The lowest BCUT2D eigenvalue weighted by molar-refractivity contribution is 0.0396. The SMILES string of the molecule is [2H]Oc1c(C)c(C)c2c(C(=O)c3c([2H])c([2H])c(OC([2H])([2H])C([2H])(C)N4C([2H])(C)C([2H])([2H])C([2H])([2H])C([2H])([2H])C4([2H])C)c(C)c3C)c(-c3c([2H])c([2H])c([O+]([2H])[2H])c([2H])c3C)sc2c1[2H]. The van der Waals surface area contributed by atoms with Crippen molar-refractivity contribution in [2.75, 3.05) is 6.56 Å². The molecule has 1 fully saturated rings. The molecule has 0 radical (unpaired) electrons. The Hall–Kier alpha value is -3.35. The molecule has 3 aromatic carbocycles. The van der Waals surface area contributed by atoms with Crippen molar-refractivity contribution in [2.45, 2.75) is 92.6 Å². The molecule has 2 heterocycles. The van der Waals surface area contributed by atoms with Crippen LogP contribution in [0.2, 0.25) is 0 Å². The average molecular weight is 607 g/mol. The Bertz CT molecular complexity index is 2480. The first-order valence-corrected chi connectivity index (χ1v) is 13.9. The summed E-state index contributed by atoms with van der Waals surface area (Å²) in [5.74, 6) is -2.39. The van der Waals surface area contributed by atoms with Gasteiger partial charge in [-0.05, 0) is 126 Å². The van der Waals surface area contributed by atoms with Crippen molar-refractivity contribution in [3.8, 4) is 27.7 Å². The second kappa shape index (κ2) is 11.7. The van der Waals surface area contributed by atoms with Gasteiger partial charge in [-0.1, -0.05) is 6.37 Å². The molecule has 1 aromatic heterocycles. The average Bonchev–Trinajstić information content (AvgIpc) is 3.54. The van der Waals surface area contributed by atoms with Gasteiger partial charge in [0.05, 0.1) is 12.3 Å². The number of likely N-dealkylation sites (tertiary alicyclic amines) is 1. The Morgan fingerprint density at radius 3 is 2.62 bits per heavy atom. The van der Waals surface area contributed by atoms with Crippen molar-refractivity contribution in [1.82, 2.24) is 4.90 Å². The van der Waals surface area contributed by atoms with Crippen molar-refractivity contribution in [3.63, 3.8) is 0 Å². The number of hydrogen-bond acceptors (Lipinski definition) is 5. The smallest absolute Gasteiger partial charge is 0.555 e. The molecule has 0 saturated carbocycles. The van der Waals surface area contributed by atoms with Crippen molar-refractivity contribution >= 4 is 27.2 Å². The monoisotopic (exact) mass is 606 g/mol. The van der Waals surface area contributed by atoms with Crippen LogP contribution in [0.3, 0.4) is 0 Å². The van der Waals surface area contributed by atoms with Gasteiger partial charge in [0.1, 0.15) is 18.1 Å². The Morgan fingerprint density at radius 1 is 1.19 bits per heavy atom. The maximum absolute atomic E-state index is 15.2. The molecule has 0 amide bonds. The third-order valence-corrected chi connectivity index (χ3v) is 8.57. The molecule has 6 heteroatoms. The van der Waals surface area contributed by atoms with Gasteiger partial charge < -0.3 is 15.0 Å². The molecular formula is C36H44NO4S+. The number of hydrogen-bond donors (Lipinski definition) is 1. The van der Waals surface area contributed by atoms with Gasteiger partial charge in [0.15, 0.2) is 5.78 Å². The molecule has 3 unspecified atom stereocenters. The molecule has 0 aliphatic carbocycles. The van der Waals surface area contributed by atoms with Gasteiger partial charge in [-0.25, -0.2) is 0 Å². The quantitative estimate of drug-likeness (QED) is 0.153. The van der Waals surface area contributed by atoms with E-state index in [9.17, 15) is 1.37 Å². The summed E-state index contributed by atoms with van der Waals surface area (Å²) in [6.45, 7) is 6.01. The number of ketones is 1. The molecule has 0 spiro atoms. The van der Waals surface area contributed by atoms with Crippen LogP contribution in [0.1, 0.15) is 107 Å². The molecule has 5 nitrogen and oxygen atoms in total. The first-order valence-electron chi connectivity index (χ1n) is 22.8. The molecule has 3 atom stereocenters. The largest absolute Gasteiger partial charge is 0.593 e. The third kappa shape index (κ3) is 5.31. The highest BCUT2D eigenvalue weighted by atomic mass is 32.1. The molecule has 5 rings (SSSR count). The number of fused-ring (bicyclic) bond motifs is 1. The summed E-state index contributed by atoms with van der Waals surface area (Å²) in [6.07, 6.45) is -10.4. The van der Waals surface area contributed by atoms with E-state index in [1.54, 1.807) is 13.8 Å². The van der Waals surface area contributed by atoms with Crippen molar-refractivity contribution in [3.05, 3.63) is 75.2 Å². The second-order valence-corrected chi connectivity index (χ2v) is 11.1. The molecular weight excluding hydrogens is 542 g/mol. The predicted molar refractivity (Wildman–Crippen MR) is 175 cm³/mol. The van der Waals surface area contributed by atoms with E-state index in [-0.39, 0.29) is 65.0 Å². The third-order valence-electron chi connectivity index (χ3n) is 7.44. The summed E-state index contributed by atoms with van der Waals surface area (Å²) in [6, 6.07) is -13.0. The molecule has 42 heavy (non-hydrogen) atoms. The summed E-state index contributed by atoms with van der Waals surface area (Å²) in [4.78, 5) is 15.4. The van der Waals surface area contributed by atoms with Crippen LogP contribution in [0.4, 0.5) is 0 Å². The van der Waals surface area contributed by atoms with Gasteiger partial charge in [-0.2, -0.15) is 0 Å².